The standard InChI is InChI=1S/C13H14N2O4S/c1-7(10-12(17)15-13(18)20-10)11(16)14-8-3-5-9(19-2)6-4-8/h3-7,10H,1-2H3,(H,14,16)(H,15,17,18)/t7-,10+/m1/s1. The van der Waals surface area contributed by atoms with E-state index < -0.39 is 22.3 Å². The molecular formula is C13H14N2O4S. The highest BCUT2D eigenvalue weighted by Gasteiger charge is 2.38. The molecule has 20 heavy (non-hydrogen) atoms. The van der Waals surface area contributed by atoms with Crippen LogP contribution in [0.1, 0.15) is 6.92 Å². The molecule has 0 spiro atoms. The Hall–Kier alpha value is -2.02. The fraction of sp³-hybridized carbons (Fsp3) is 0.308. The number of rotatable bonds is 4. The highest BCUT2D eigenvalue weighted by atomic mass is 32.2. The van der Waals surface area contributed by atoms with E-state index in [1.165, 1.54) is 0 Å². The van der Waals surface area contributed by atoms with Crippen LogP contribution in [0.5, 0.6) is 5.75 Å². The molecular weight excluding hydrogens is 280 g/mol. The Morgan fingerprint density at radius 3 is 2.50 bits per heavy atom. The van der Waals surface area contributed by atoms with Gasteiger partial charge in [-0.05, 0) is 24.3 Å². The number of ether oxygens (including phenoxy) is 1. The van der Waals surface area contributed by atoms with Gasteiger partial charge in [-0.15, -0.1) is 0 Å². The Bertz CT molecular complexity index is 544. The predicted octanol–water partition coefficient (Wildman–Crippen LogP) is 1.62. The molecule has 1 heterocycles. The number of thioether (sulfide) groups is 1. The molecule has 106 valence electrons. The molecule has 0 saturated carbocycles. The van der Waals surface area contributed by atoms with E-state index in [1.807, 2.05) is 0 Å². The number of nitrogens with one attached hydrogen (secondary N) is 2. The topological polar surface area (TPSA) is 84.5 Å². The van der Waals surface area contributed by atoms with Crippen molar-refractivity contribution < 1.29 is 19.1 Å². The molecule has 2 atom stereocenters. The van der Waals surface area contributed by atoms with Crippen molar-refractivity contribution >= 4 is 34.5 Å². The molecule has 6 nitrogen and oxygen atoms in total. The molecule has 1 aliphatic rings. The zero-order valence-corrected chi connectivity index (χ0v) is 11.8. The molecule has 1 aromatic rings. The summed E-state index contributed by atoms with van der Waals surface area (Å²) >= 11 is 0.846. The molecule has 0 aliphatic carbocycles. The number of methoxy groups -OCH3 is 1. The van der Waals surface area contributed by atoms with Crippen molar-refractivity contribution in [1.82, 2.24) is 5.32 Å². The summed E-state index contributed by atoms with van der Waals surface area (Å²) in [6, 6.07) is 6.86. The van der Waals surface area contributed by atoms with Gasteiger partial charge in [0, 0.05) is 5.69 Å². The molecule has 1 fully saturated rings. The Balaban J connectivity index is 2.00. The van der Waals surface area contributed by atoms with Crippen LogP contribution in [0.4, 0.5) is 10.5 Å². The molecule has 0 radical (unpaired) electrons. The van der Waals surface area contributed by atoms with E-state index >= 15 is 0 Å². The van der Waals surface area contributed by atoms with E-state index in [0.29, 0.717) is 11.4 Å². The minimum atomic E-state index is -0.680. The fourth-order valence-corrected chi connectivity index (χ4v) is 2.65. The van der Waals surface area contributed by atoms with Gasteiger partial charge in [0.25, 0.3) is 5.24 Å². The second-order valence-electron chi connectivity index (χ2n) is 4.32. The smallest absolute Gasteiger partial charge is 0.286 e. The van der Waals surface area contributed by atoms with Crippen molar-refractivity contribution in [1.29, 1.82) is 0 Å². The summed E-state index contributed by atoms with van der Waals surface area (Å²) in [6.45, 7) is 1.62. The highest BCUT2D eigenvalue weighted by Crippen LogP contribution is 2.27. The van der Waals surface area contributed by atoms with Gasteiger partial charge < -0.3 is 10.1 Å². The monoisotopic (exact) mass is 294 g/mol. The average Bonchev–Trinajstić information content (AvgIpc) is 2.77. The van der Waals surface area contributed by atoms with Crippen LogP contribution in [0.2, 0.25) is 0 Å². The van der Waals surface area contributed by atoms with Gasteiger partial charge >= 0.3 is 0 Å². The maximum Gasteiger partial charge on any atom is 0.286 e. The van der Waals surface area contributed by atoms with Crippen LogP contribution < -0.4 is 15.4 Å². The van der Waals surface area contributed by atoms with E-state index in [4.69, 9.17) is 4.74 Å². The number of hydrogen-bond donors (Lipinski definition) is 2. The van der Waals surface area contributed by atoms with Gasteiger partial charge in [-0.3, -0.25) is 19.7 Å². The minimum Gasteiger partial charge on any atom is -0.497 e. The van der Waals surface area contributed by atoms with Gasteiger partial charge in [0.1, 0.15) is 11.0 Å². The number of carbonyl (C=O) groups excluding carboxylic acids is 3. The number of benzene rings is 1. The van der Waals surface area contributed by atoms with Crippen molar-refractivity contribution in [3.8, 4) is 5.75 Å². The summed E-state index contributed by atoms with van der Waals surface area (Å²) < 4.78 is 5.02. The first-order valence-electron chi connectivity index (χ1n) is 5.97. The summed E-state index contributed by atoms with van der Waals surface area (Å²) in [6.07, 6.45) is 0. The third kappa shape index (κ3) is 3.11. The molecule has 7 heteroatoms. The molecule has 2 rings (SSSR count). The molecule has 1 saturated heterocycles. The van der Waals surface area contributed by atoms with Gasteiger partial charge in [-0.2, -0.15) is 0 Å². The van der Waals surface area contributed by atoms with Crippen LogP contribution in [0.3, 0.4) is 0 Å². The summed E-state index contributed by atoms with van der Waals surface area (Å²) in [5.41, 5.74) is 0.609. The summed E-state index contributed by atoms with van der Waals surface area (Å²) in [4.78, 5) is 34.7. The molecule has 0 aromatic heterocycles. The summed E-state index contributed by atoms with van der Waals surface area (Å²) in [5.74, 6) is -0.643. The lowest BCUT2D eigenvalue weighted by atomic mass is 10.1. The van der Waals surface area contributed by atoms with Crippen molar-refractivity contribution in [3.63, 3.8) is 0 Å². The van der Waals surface area contributed by atoms with E-state index in [0.717, 1.165) is 11.8 Å². The van der Waals surface area contributed by atoms with Crippen LogP contribution in [0, 0.1) is 5.92 Å². The predicted molar refractivity (Wildman–Crippen MR) is 75.7 cm³/mol. The van der Waals surface area contributed by atoms with Gasteiger partial charge in [0.2, 0.25) is 11.8 Å². The molecule has 2 N–H and O–H groups in total. The molecule has 0 bridgehead atoms. The van der Waals surface area contributed by atoms with Crippen molar-refractivity contribution in [2.45, 2.75) is 12.2 Å². The molecule has 1 aromatic carbocycles. The van der Waals surface area contributed by atoms with Gasteiger partial charge in [-0.1, -0.05) is 18.7 Å². The van der Waals surface area contributed by atoms with Crippen molar-refractivity contribution in [3.05, 3.63) is 24.3 Å². The first-order chi connectivity index (χ1) is 9.51. The summed E-state index contributed by atoms with van der Waals surface area (Å²) in [7, 11) is 1.56. The second kappa shape index (κ2) is 5.96. The number of imide groups is 1. The third-order valence-corrected chi connectivity index (χ3v) is 4.14. The number of hydrogen-bond acceptors (Lipinski definition) is 5. The third-order valence-electron chi connectivity index (χ3n) is 2.94. The van der Waals surface area contributed by atoms with Crippen LogP contribution in [0.25, 0.3) is 0 Å². The Morgan fingerprint density at radius 2 is 2.00 bits per heavy atom. The van der Waals surface area contributed by atoms with E-state index in [2.05, 4.69) is 10.6 Å². The van der Waals surface area contributed by atoms with Gasteiger partial charge in [-0.25, -0.2) is 0 Å². The van der Waals surface area contributed by atoms with E-state index in [1.54, 1.807) is 38.3 Å². The molecule has 3 amide bonds. The van der Waals surface area contributed by atoms with Gasteiger partial charge in [0.05, 0.1) is 13.0 Å². The maximum absolute atomic E-state index is 12.1. The first kappa shape index (κ1) is 14.4. The Morgan fingerprint density at radius 1 is 1.35 bits per heavy atom. The quantitative estimate of drug-likeness (QED) is 0.881. The van der Waals surface area contributed by atoms with Crippen molar-refractivity contribution in [2.24, 2.45) is 5.92 Å². The Labute approximate surface area is 120 Å². The highest BCUT2D eigenvalue weighted by molar-refractivity contribution is 8.15. The van der Waals surface area contributed by atoms with Crippen LogP contribution in [-0.2, 0) is 9.59 Å². The van der Waals surface area contributed by atoms with Crippen LogP contribution >= 0.6 is 11.8 Å². The molecule has 0 unspecified atom stereocenters. The number of anilines is 1. The van der Waals surface area contributed by atoms with Crippen LogP contribution in [0.15, 0.2) is 24.3 Å². The number of amides is 3. The normalized spacial score (nSPS) is 19.4. The fourth-order valence-electron chi connectivity index (χ4n) is 1.77. The lowest BCUT2D eigenvalue weighted by Gasteiger charge is -2.15. The minimum absolute atomic E-state index is 0.308. The SMILES string of the molecule is COc1ccc(NC(=O)[C@H](C)[C@@H]2SC(=O)NC2=O)cc1. The lowest BCUT2D eigenvalue weighted by Crippen LogP contribution is -2.35. The average molecular weight is 294 g/mol. The van der Waals surface area contributed by atoms with E-state index in [-0.39, 0.29) is 5.91 Å². The zero-order valence-electron chi connectivity index (χ0n) is 11.0. The zero-order chi connectivity index (χ0) is 14.7. The summed E-state index contributed by atoms with van der Waals surface area (Å²) in [5, 5.41) is 3.78. The number of carbonyl (C=O) groups is 3. The Kier molecular flexibility index (Phi) is 4.29. The van der Waals surface area contributed by atoms with E-state index in [9.17, 15) is 14.4 Å². The first-order valence-corrected chi connectivity index (χ1v) is 6.85. The second-order valence-corrected chi connectivity index (χ2v) is 5.44. The largest absolute Gasteiger partial charge is 0.497 e. The lowest BCUT2D eigenvalue weighted by molar-refractivity contribution is -0.125. The van der Waals surface area contributed by atoms with Crippen LogP contribution in [-0.4, -0.2) is 29.4 Å². The maximum atomic E-state index is 12.1. The molecule has 1 aliphatic heterocycles. The van der Waals surface area contributed by atoms with Gasteiger partial charge in [0.15, 0.2) is 0 Å². The van der Waals surface area contributed by atoms with Crippen molar-refractivity contribution in [2.75, 3.05) is 12.4 Å².